The van der Waals surface area contributed by atoms with Crippen molar-refractivity contribution in [1.29, 1.82) is 0 Å². The average molecular weight is 275 g/mol. The smallest absolute Gasteiger partial charge is 0.170 e. The van der Waals surface area contributed by atoms with Crippen LogP contribution in [0.15, 0.2) is 24.3 Å². The molecule has 1 aliphatic carbocycles. The standard InChI is InChI=1S/C16H21NO3/c1-11(2)8-9-16(17-20-3)13-7-5-4-6-12(13)14(18)10-15(16)19/h4-7,11,17H,8-10H2,1-3H3. The molecule has 1 aromatic carbocycles. The number of rotatable bonds is 5. The van der Waals surface area contributed by atoms with Crippen molar-refractivity contribution in [3.63, 3.8) is 0 Å². The summed E-state index contributed by atoms with van der Waals surface area (Å²) in [5.41, 5.74) is 3.34. The Morgan fingerprint density at radius 1 is 1.30 bits per heavy atom. The number of carbonyl (C=O) groups excluding carboxylic acids is 2. The molecule has 0 saturated heterocycles. The predicted molar refractivity (Wildman–Crippen MR) is 76.3 cm³/mol. The third kappa shape index (κ3) is 2.53. The van der Waals surface area contributed by atoms with Gasteiger partial charge in [-0.1, -0.05) is 38.1 Å². The van der Waals surface area contributed by atoms with Crippen LogP contribution in [0.5, 0.6) is 0 Å². The summed E-state index contributed by atoms with van der Waals surface area (Å²) in [5, 5.41) is 0. The van der Waals surface area contributed by atoms with Crippen molar-refractivity contribution in [2.45, 2.75) is 38.6 Å². The van der Waals surface area contributed by atoms with Gasteiger partial charge < -0.3 is 4.84 Å². The molecule has 0 saturated carbocycles. The van der Waals surface area contributed by atoms with Gasteiger partial charge in [0.05, 0.1) is 13.5 Å². The van der Waals surface area contributed by atoms with E-state index in [9.17, 15) is 9.59 Å². The van der Waals surface area contributed by atoms with Gasteiger partial charge >= 0.3 is 0 Å². The quantitative estimate of drug-likeness (QED) is 0.663. The second-order valence-corrected chi connectivity index (χ2v) is 5.71. The van der Waals surface area contributed by atoms with Crippen molar-refractivity contribution >= 4 is 11.6 Å². The first-order valence-corrected chi connectivity index (χ1v) is 6.97. The number of carbonyl (C=O) groups is 2. The van der Waals surface area contributed by atoms with E-state index in [0.717, 1.165) is 12.0 Å². The Bertz CT molecular complexity index is 524. The Labute approximate surface area is 119 Å². The highest BCUT2D eigenvalue weighted by Crippen LogP contribution is 2.37. The maximum Gasteiger partial charge on any atom is 0.170 e. The summed E-state index contributed by atoms with van der Waals surface area (Å²) in [4.78, 5) is 29.7. The molecule has 108 valence electrons. The molecule has 1 aromatic rings. The third-order valence-corrected chi connectivity index (χ3v) is 3.86. The number of nitrogens with one attached hydrogen (secondary N) is 1. The van der Waals surface area contributed by atoms with E-state index in [1.807, 2.05) is 18.2 Å². The number of ketones is 2. The van der Waals surface area contributed by atoms with Crippen LogP contribution in [0.4, 0.5) is 0 Å². The zero-order valence-electron chi connectivity index (χ0n) is 12.2. The number of hydrogen-bond acceptors (Lipinski definition) is 4. The molecule has 2 rings (SSSR count). The van der Waals surface area contributed by atoms with Crippen LogP contribution >= 0.6 is 0 Å². The summed E-state index contributed by atoms with van der Waals surface area (Å²) in [6.45, 7) is 4.23. The molecule has 1 unspecified atom stereocenters. The number of benzene rings is 1. The highest BCUT2D eigenvalue weighted by Gasteiger charge is 2.46. The van der Waals surface area contributed by atoms with Crippen LogP contribution in [-0.2, 0) is 15.2 Å². The minimum atomic E-state index is -0.899. The van der Waals surface area contributed by atoms with Gasteiger partial charge in [0.2, 0.25) is 0 Å². The van der Waals surface area contributed by atoms with Crippen molar-refractivity contribution in [3.8, 4) is 0 Å². The molecule has 0 radical (unpaired) electrons. The van der Waals surface area contributed by atoms with Crippen molar-refractivity contribution < 1.29 is 14.4 Å². The molecule has 0 heterocycles. The van der Waals surface area contributed by atoms with Gasteiger partial charge in [0.25, 0.3) is 0 Å². The summed E-state index contributed by atoms with van der Waals surface area (Å²) < 4.78 is 0. The Balaban J connectivity index is 2.50. The highest BCUT2D eigenvalue weighted by atomic mass is 16.6. The van der Waals surface area contributed by atoms with Gasteiger partial charge in [-0.05, 0) is 24.3 Å². The molecule has 1 aliphatic rings. The molecule has 0 aliphatic heterocycles. The molecule has 0 amide bonds. The van der Waals surface area contributed by atoms with E-state index >= 15 is 0 Å². The van der Waals surface area contributed by atoms with Crippen molar-refractivity contribution in [3.05, 3.63) is 35.4 Å². The Kier molecular flexibility index (Phi) is 4.35. The fourth-order valence-corrected chi connectivity index (χ4v) is 2.76. The van der Waals surface area contributed by atoms with Gasteiger partial charge in [-0.2, -0.15) is 5.48 Å². The van der Waals surface area contributed by atoms with Crippen molar-refractivity contribution in [2.24, 2.45) is 5.92 Å². The monoisotopic (exact) mass is 275 g/mol. The molecular weight excluding hydrogens is 254 g/mol. The Hall–Kier alpha value is -1.52. The maximum atomic E-state index is 12.5. The molecule has 20 heavy (non-hydrogen) atoms. The van der Waals surface area contributed by atoms with Gasteiger partial charge in [0, 0.05) is 5.56 Å². The number of Topliss-reactive ketones (excluding diaryl/α,β-unsaturated/α-hetero) is 2. The van der Waals surface area contributed by atoms with Crippen LogP contribution in [0.2, 0.25) is 0 Å². The van der Waals surface area contributed by atoms with E-state index < -0.39 is 5.54 Å². The zero-order chi connectivity index (χ0) is 14.8. The predicted octanol–water partition coefficient (Wildman–Crippen LogP) is 2.62. The second-order valence-electron chi connectivity index (χ2n) is 5.71. The first kappa shape index (κ1) is 14.9. The lowest BCUT2D eigenvalue weighted by molar-refractivity contribution is -0.132. The molecule has 4 nitrogen and oxygen atoms in total. The summed E-state index contributed by atoms with van der Waals surface area (Å²) in [5.74, 6) is 0.260. The van der Waals surface area contributed by atoms with Gasteiger partial charge in [0.15, 0.2) is 11.6 Å². The number of hydrogen-bond donors (Lipinski definition) is 1. The lowest BCUT2D eigenvalue weighted by Gasteiger charge is -2.37. The average Bonchev–Trinajstić information content (AvgIpc) is 2.42. The van der Waals surface area contributed by atoms with E-state index in [1.165, 1.54) is 7.11 Å². The molecule has 1 N–H and O–H groups in total. The van der Waals surface area contributed by atoms with Gasteiger partial charge in [-0.3, -0.25) is 9.59 Å². The Morgan fingerprint density at radius 3 is 2.65 bits per heavy atom. The second kappa shape index (κ2) is 5.85. The molecular formula is C16H21NO3. The SMILES string of the molecule is CONC1(CCC(C)C)C(=O)CC(=O)c2ccccc21. The van der Waals surface area contributed by atoms with E-state index in [1.54, 1.807) is 6.07 Å². The van der Waals surface area contributed by atoms with E-state index in [2.05, 4.69) is 19.3 Å². The largest absolute Gasteiger partial charge is 0.304 e. The summed E-state index contributed by atoms with van der Waals surface area (Å²) in [7, 11) is 1.50. The minimum absolute atomic E-state index is 0.0640. The van der Waals surface area contributed by atoms with Gasteiger partial charge in [-0.15, -0.1) is 0 Å². The van der Waals surface area contributed by atoms with Crippen LogP contribution < -0.4 is 5.48 Å². The van der Waals surface area contributed by atoms with Crippen molar-refractivity contribution in [2.75, 3.05) is 7.11 Å². The van der Waals surface area contributed by atoms with Crippen LogP contribution in [0.25, 0.3) is 0 Å². The van der Waals surface area contributed by atoms with E-state index in [0.29, 0.717) is 17.9 Å². The van der Waals surface area contributed by atoms with Crippen molar-refractivity contribution in [1.82, 2.24) is 5.48 Å². The van der Waals surface area contributed by atoms with Crippen LogP contribution in [0, 0.1) is 5.92 Å². The molecule has 0 aromatic heterocycles. The first-order valence-electron chi connectivity index (χ1n) is 6.97. The fourth-order valence-electron chi connectivity index (χ4n) is 2.76. The van der Waals surface area contributed by atoms with Crippen LogP contribution in [-0.4, -0.2) is 18.7 Å². The topological polar surface area (TPSA) is 55.4 Å². The van der Waals surface area contributed by atoms with E-state index in [4.69, 9.17) is 4.84 Å². The fraction of sp³-hybridized carbons (Fsp3) is 0.500. The summed E-state index contributed by atoms with van der Waals surface area (Å²) in [6, 6.07) is 7.31. The minimum Gasteiger partial charge on any atom is -0.304 e. The molecule has 4 heteroatoms. The molecule has 1 atom stereocenters. The number of hydroxylamine groups is 1. The molecule has 0 bridgehead atoms. The lowest BCUT2D eigenvalue weighted by Crippen LogP contribution is -2.52. The summed E-state index contributed by atoms with van der Waals surface area (Å²) >= 11 is 0. The third-order valence-electron chi connectivity index (χ3n) is 3.86. The van der Waals surface area contributed by atoms with Gasteiger partial charge in [-0.25, -0.2) is 0 Å². The number of fused-ring (bicyclic) bond motifs is 1. The molecule has 0 fully saturated rings. The Morgan fingerprint density at radius 2 is 2.00 bits per heavy atom. The lowest BCUT2D eigenvalue weighted by atomic mass is 9.72. The first-order chi connectivity index (χ1) is 9.51. The van der Waals surface area contributed by atoms with Crippen LogP contribution in [0.3, 0.4) is 0 Å². The molecule has 0 spiro atoms. The normalized spacial score (nSPS) is 22.2. The van der Waals surface area contributed by atoms with Crippen LogP contribution in [0.1, 0.15) is 49.0 Å². The summed E-state index contributed by atoms with van der Waals surface area (Å²) in [6.07, 6.45) is 1.44. The van der Waals surface area contributed by atoms with Gasteiger partial charge in [0.1, 0.15) is 5.54 Å². The zero-order valence-corrected chi connectivity index (χ0v) is 12.2. The maximum absolute atomic E-state index is 12.5. The highest BCUT2D eigenvalue weighted by molar-refractivity contribution is 6.15. The van der Waals surface area contributed by atoms with E-state index in [-0.39, 0.29) is 18.0 Å².